The van der Waals surface area contributed by atoms with Crippen molar-refractivity contribution in [2.45, 2.75) is 26.2 Å². The Hall–Kier alpha value is -2.51. The Morgan fingerprint density at radius 1 is 1.10 bits per heavy atom. The van der Waals surface area contributed by atoms with Crippen LogP contribution in [0.5, 0.6) is 0 Å². The minimum atomic E-state index is -0.173. The Kier molecular flexibility index (Phi) is 6.01. The Balaban J connectivity index is 1.85. The molecule has 152 valence electrons. The van der Waals surface area contributed by atoms with Gasteiger partial charge in [-0.15, -0.1) is 0 Å². The molecule has 4 rings (SSSR count). The molecule has 7 heteroatoms. The fourth-order valence-corrected chi connectivity index (χ4v) is 4.00. The topological polar surface area (TPSA) is 52.2 Å². The van der Waals surface area contributed by atoms with Crippen molar-refractivity contribution in [3.8, 4) is 5.69 Å². The molecule has 0 fully saturated rings. The smallest absolute Gasteiger partial charge is 0.282 e. The van der Waals surface area contributed by atoms with Crippen molar-refractivity contribution in [1.82, 2.24) is 14.2 Å². The van der Waals surface area contributed by atoms with E-state index in [0.29, 0.717) is 16.7 Å². The van der Waals surface area contributed by atoms with Crippen molar-refractivity contribution in [2.24, 2.45) is 5.10 Å². The maximum absolute atomic E-state index is 13.3. The first-order chi connectivity index (χ1) is 14.5. The molecule has 30 heavy (non-hydrogen) atoms. The minimum Gasteiger partial charge on any atom is -0.316 e. The molecule has 2 heterocycles. The Morgan fingerprint density at radius 2 is 1.90 bits per heavy atom. The first-order valence-electron chi connectivity index (χ1n) is 9.67. The second-order valence-corrected chi connectivity index (χ2v) is 8.92. The summed E-state index contributed by atoms with van der Waals surface area (Å²) >= 11 is 6.96. The first-order valence-corrected chi connectivity index (χ1v) is 11.3. The lowest BCUT2D eigenvalue weighted by Gasteiger charge is -2.14. The minimum absolute atomic E-state index is 0.0970. The van der Waals surface area contributed by atoms with Crippen LogP contribution in [-0.2, 0) is 0 Å². The van der Waals surface area contributed by atoms with Gasteiger partial charge in [-0.2, -0.15) is 9.78 Å². The van der Waals surface area contributed by atoms with Crippen LogP contribution < -0.4 is 5.56 Å². The Bertz CT molecular complexity index is 1310. The van der Waals surface area contributed by atoms with Gasteiger partial charge in [0.05, 0.1) is 22.8 Å². The molecule has 2 aromatic carbocycles. The molecule has 2 aromatic heterocycles. The average molecular weight is 528 g/mol. The molecule has 0 aliphatic heterocycles. The fourth-order valence-electron chi connectivity index (χ4n) is 3.26. The molecule has 0 unspecified atom stereocenters. The van der Waals surface area contributed by atoms with Crippen molar-refractivity contribution in [3.63, 3.8) is 0 Å². The zero-order chi connectivity index (χ0) is 21.3. The lowest BCUT2D eigenvalue weighted by molar-refractivity contribution is 0.613. The number of rotatable bonds is 5. The van der Waals surface area contributed by atoms with Gasteiger partial charge in [-0.25, -0.2) is 4.98 Å². The number of hydrogen-bond donors (Lipinski definition) is 0. The average Bonchev–Trinajstić information content (AvgIpc) is 3.21. The maximum atomic E-state index is 13.3. The number of aromatic nitrogens is 3. The number of hydrogen-bond acceptors (Lipinski definition) is 3. The number of halogens is 2. The summed E-state index contributed by atoms with van der Waals surface area (Å²) in [7, 11) is 0. The summed E-state index contributed by atoms with van der Waals surface area (Å²) < 4.78 is 5.29. The van der Waals surface area contributed by atoms with Gasteiger partial charge in [-0.05, 0) is 55.0 Å². The summed E-state index contributed by atoms with van der Waals surface area (Å²) in [6.07, 6.45) is 4.54. The van der Waals surface area contributed by atoms with Gasteiger partial charge < -0.3 is 4.57 Å². The van der Waals surface area contributed by atoms with Crippen molar-refractivity contribution in [2.75, 3.05) is 0 Å². The molecule has 0 spiro atoms. The highest BCUT2D eigenvalue weighted by Crippen LogP contribution is 2.21. The van der Waals surface area contributed by atoms with Gasteiger partial charge in [-0.3, -0.25) is 4.79 Å². The van der Waals surface area contributed by atoms with Crippen LogP contribution in [0.15, 0.2) is 79.6 Å². The SMILES string of the molecule is CC[C@@H](C)c1nc2ccc(Br)cc2c(=O)n1N=Cc1cccn1-c1cccc(Br)c1. The number of nitrogens with zero attached hydrogens (tertiary/aromatic N) is 4. The lowest BCUT2D eigenvalue weighted by atomic mass is 10.1. The highest BCUT2D eigenvalue weighted by atomic mass is 79.9. The quantitative estimate of drug-likeness (QED) is 0.294. The highest BCUT2D eigenvalue weighted by Gasteiger charge is 2.15. The zero-order valence-electron chi connectivity index (χ0n) is 16.6. The van der Waals surface area contributed by atoms with Crippen molar-refractivity contribution in [3.05, 3.63) is 91.6 Å². The van der Waals surface area contributed by atoms with Gasteiger partial charge in [0.15, 0.2) is 0 Å². The normalized spacial score (nSPS) is 12.7. The van der Waals surface area contributed by atoms with Gasteiger partial charge in [0, 0.05) is 26.7 Å². The van der Waals surface area contributed by atoms with E-state index in [4.69, 9.17) is 4.98 Å². The standard InChI is InChI=1S/C23H20Br2N4O/c1-3-15(2)22-27-21-10-9-17(25)13-20(21)23(30)29(22)26-14-19-8-5-11-28(19)18-7-4-6-16(24)12-18/h4-15H,3H2,1-2H3/t15-/m1/s1. The van der Waals surface area contributed by atoms with Gasteiger partial charge in [0.2, 0.25) is 0 Å². The summed E-state index contributed by atoms with van der Waals surface area (Å²) in [6.45, 7) is 4.14. The lowest BCUT2D eigenvalue weighted by Crippen LogP contribution is -2.23. The summed E-state index contributed by atoms with van der Waals surface area (Å²) in [6, 6.07) is 17.5. The van der Waals surface area contributed by atoms with E-state index in [-0.39, 0.29) is 11.5 Å². The van der Waals surface area contributed by atoms with Gasteiger partial charge in [0.1, 0.15) is 5.82 Å². The van der Waals surface area contributed by atoms with E-state index >= 15 is 0 Å². The van der Waals surface area contributed by atoms with Crippen LogP contribution in [-0.4, -0.2) is 20.4 Å². The van der Waals surface area contributed by atoms with Crippen LogP contribution in [0.1, 0.15) is 37.7 Å². The molecule has 4 aromatic rings. The molecule has 0 amide bonds. The van der Waals surface area contributed by atoms with Crippen molar-refractivity contribution < 1.29 is 0 Å². The Labute approximate surface area is 191 Å². The zero-order valence-corrected chi connectivity index (χ0v) is 19.8. The molecule has 0 aliphatic carbocycles. The van der Waals surface area contributed by atoms with E-state index in [1.807, 2.05) is 59.3 Å². The van der Waals surface area contributed by atoms with Gasteiger partial charge in [-0.1, -0.05) is 51.8 Å². The highest BCUT2D eigenvalue weighted by molar-refractivity contribution is 9.10. The summed E-state index contributed by atoms with van der Waals surface area (Å²) in [4.78, 5) is 18.0. The Morgan fingerprint density at radius 3 is 2.67 bits per heavy atom. The molecule has 0 N–H and O–H groups in total. The van der Waals surface area contributed by atoms with Gasteiger partial charge in [0.25, 0.3) is 5.56 Å². The van der Waals surface area contributed by atoms with Crippen LogP contribution in [0.2, 0.25) is 0 Å². The molecule has 0 saturated carbocycles. The fraction of sp³-hybridized carbons (Fsp3) is 0.174. The van der Waals surface area contributed by atoms with Crippen LogP contribution in [0.3, 0.4) is 0 Å². The van der Waals surface area contributed by atoms with E-state index < -0.39 is 0 Å². The van der Waals surface area contributed by atoms with E-state index in [2.05, 4.69) is 50.8 Å². The number of fused-ring (bicyclic) bond motifs is 1. The predicted molar refractivity (Wildman–Crippen MR) is 129 cm³/mol. The molecule has 0 bridgehead atoms. The van der Waals surface area contributed by atoms with Crippen molar-refractivity contribution >= 4 is 49.0 Å². The predicted octanol–water partition coefficient (Wildman–Crippen LogP) is 6.11. The summed E-state index contributed by atoms with van der Waals surface area (Å²) in [5.74, 6) is 0.758. The molecular formula is C23H20Br2N4O. The number of benzene rings is 2. The molecule has 0 radical (unpaired) electrons. The molecule has 5 nitrogen and oxygen atoms in total. The van der Waals surface area contributed by atoms with Crippen LogP contribution >= 0.6 is 31.9 Å². The van der Waals surface area contributed by atoms with Gasteiger partial charge >= 0.3 is 0 Å². The third kappa shape index (κ3) is 4.04. The van der Waals surface area contributed by atoms with E-state index in [1.54, 1.807) is 12.3 Å². The van der Waals surface area contributed by atoms with E-state index in [9.17, 15) is 4.79 Å². The summed E-state index contributed by atoms with van der Waals surface area (Å²) in [5, 5.41) is 5.11. The molecule has 0 aliphatic rings. The first kappa shape index (κ1) is 20.8. The van der Waals surface area contributed by atoms with E-state index in [1.165, 1.54) is 4.68 Å². The largest absolute Gasteiger partial charge is 0.316 e. The summed E-state index contributed by atoms with van der Waals surface area (Å²) in [5.41, 5.74) is 2.38. The van der Waals surface area contributed by atoms with Crippen LogP contribution in [0, 0.1) is 0 Å². The van der Waals surface area contributed by atoms with Crippen LogP contribution in [0.25, 0.3) is 16.6 Å². The third-order valence-corrected chi connectivity index (χ3v) is 6.05. The second kappa shape index (κ2) is 8.70. The third-order valence-electron chi connectivity index (χ3n) is 5.06. The second-order valence-electron chi connectivity index (χ2n) is 7.09. The van der Waals surface area contributed by atoms with Crippen molar-refractivity contribution in [1.29, 1.82) is 0 Å². The monoisotopic (exact) mass is 526 g/mol. The maximum Gasteiger partial charge on any atom is 0.282 e. The molecule has 0 saturated heterocycles. The molecule has 1 atom stereocenters. The van der Waals surface area contributed by atoms with E-state index in [0.717, 1.165) is 26.7 Å². The van der Waals surface area contributed by atoms with Crippen LogP contribution in [0.4, 0.5) is 0 Å². The molecular weight excluding hydrogens is 508 g/mol.